The molecular weight excluding hydrogens is 492 g/mol. The number of piperazine rings is 1. The van der Waals surface area contributed by atoms with E-state index in [1.807, 2.05) is 25.3 Å². The highest BCUT2D eigenvalue weighted by Crippen LogP contribution is 2.32. The lowest BCUT2D eigenvalue weighted by atomic mass is 10.1. The number of aryl methyl sites for hydroxylation is 2. The molecular formula is C35H42N4O. The summed E-state index contributed by atoms with van der Waals surface area (Å²) in [5.41, 5.74) is 9.45. The normalized spacial score (nSPS) is 12.9. The molecule has 1 aromatic heterocycles. The second-order valence-electron chi connectivity index (χ2n) is 10.0. The van der Waals surface area contributed by atoms with Crippen LogP contribution in [0.4, 0.5) is 17.1 Å². The summed E-state index contributed by atoms with van der Waals surface area (Å²) in [6.45, 7) is 17.3. The van der Waals surface area contributed by atoms with Crippen LogP contribution in [0.25, 0.3) is 11.8 Å². The highest BCUT2D eigenvalue weighted by molar-refractivity contribution is 5.83. The Balaban J connectivity index is 0.000000283. The quantitative estimate of drug-likeness (QED) is 0.231. The molecule has 5 nitrogen and oxygen atoms in total. The lowest BCUT2D eigenvalue weighted by Crippen LogP contribution is -2.47. The zero-order chi connectivity index (χ0) is 28.3. The van der Waals surface area contributed by atoms with Gasteiger partial charge in [0.1, 0.15) is 5.76 Å². The van der Waals surface area contributed by atoms with E-state index in [1.165, 1.54) is 28.1 Å². The fourth-order valence-corrected chi connectivity index (χ4v) is 5.00. The van der Waals surface area contributed by atoms with E-state index in [0.717, 1.165) is 61.9 Å². The van der Waals surface area contributed by atoms with Crippen molar-refractivity contribution in [1.29, 1.82) is 0 Å². The Kier molecular flexibility index (Phi) is 10.3. The van der Waals surface area contributed by atoms with Crippen LogP contribution < -0.4 is 20.4 Å². The Morgan fingerprint density at radius 2 is 1.60 bits per heavy atom. The van der Waals surface area contributed by atoms with Gasteiger partial charge in [-0.15, -0.1) is 0 Å². The summed E-state index contributed by atoms with van der Waals surface area (Å²) in [4.78, 5) is 4.90. The lowest BCUT2D eigenvalue weighted by molar-refractivity contribution is 0.553. The zero-order valence-corrected chi connectivity index (χ0v) is 24.1. The number of benzene rings is 3. The van der Waals surface area contributed by atoms with Gasteiger partial charge in [0.05, 0.1) is 23.3 Å². The number of nitrogens with zero attached hydrogens (tertiary/aromatic N) is 2. The van der Waals surface area contributed by atoms with Crippen LogP contribution >= 0.6 is 0 Å². The molecule has 0 radical (unpaired) electrons. The third kappa shape index (κ3) is 7.45. The van der Waals surface area contributed by atoms with Crippen LogP contribution in [0.15, 0.2) is 103 Å². The highest BCUT2D eigenvalue weighted by Gasteiger charge is 2.21. The van der Waals surface area contributed by atoms with Crippen LogP contribution in [-0.2, 0) is 13.0 Å². The van der Waals surface area contributed by atoms with Crippen LogP contribution in [0, 0.1) is 6.92 Å². The molecule has 2 heterocycles. The summed E-state index contributed by atoms with van der Waals surface area (Å²) in [6.07, 6.45) is 4.65. The first-order chi connectivity index (χ1) is 19.5. The van der Waals surface area contributed by atoms with Gasteiger partial charge in [-0.05, 0) is 73.0 Å². The number of furan rings is 1. The van der Waals surface area contributed by atoms with Crippen molar-refractivity contribution in [2.45, 2.75) is 26.8 Å². The predicted octanol–water partition coefficient (Wildman–Crippen LogP) is 7.61. The van der Waals surface area contributed by atoms with E-state index >= 15 is 0 Å². The largest absolute Gasteiger partial charge is 0.463 e. The van der Waals surface area contributed by atoms with Gasteiger partial charge in [0.2, 0.25) is 0 Å². The van der Waals surface area contributed by atoms with Gasteiger partial charge in [0.25, 0.3) is 0 Å². The fraction of sp³-hybridized carbons (Fsp3) is 0.257. The molecule has 1 aliphatic rings. The third-order valence-electron chi connectivity index (χ3n) is 7.22. The van der Waals surface area contributed by atoms with E-state index in [-0.39, 0.29) is 0 Å². The van der Waals surface area contributed by atoms with Gasteiger partial charge in [-0.1, -0.05) is 74.7 Å². The maximum atomic E-state index is 5.48. The van der Waals surface area contributed by atoms with E-state index in [4.69, 9.17) is 4.42 Å². The van der Waals surface area contributed by atoms with Crippen LogP contribution in [-0.4, -0.2) is 33.2 Å². The van der Waals surface area contributed by atoms with Crippen LogP contribution in [0.5, 0.6) is 0 Å². The van der Waals surface area contributed by atoms with Crippen molar-refractivity contribution in [2.24, 2.45) is 0 Å². The van der Waals surface area contributed by atoms with Crippen molar-refractivity contribution >= 4 is 28.8 Å². The number of hydrogen-bond donors (Lipinski definition) is 2. The smallest absolute Gasteiger partial charge is 0.149 e. The van der Waals surface area contributed by atoms with Gasteiger partial charge < -0.3 is 24.9 Å². The monoisotopic (exact) mass is 534 g/mol. The molecule has 5 rings (SSSR count). The number of para-hydroxylation sites is 1. The van der Waals surface area contributed by atoms with Crippen molar-refractivity contribution in [2.75, 3.05) is 48.3 Å². The average Bonchev–Trinajstić information content (AvgIpc) is 3.54. The van der Waals surface area contributed by atoms with Gasteiger partial charge in [0, 0.05) is 38.4 Å². The van der Waals surface area contributed by atoms with Crippen molar-refractivity contribution in [3.63, 3.8) is 0 Å². The maximum Gasteiger partial charge on any atom is 0.149 e. The molecule has 0 aliphatic carbocycles. The summed E-state index contributed by atoms with van der Waals surface area (Å²) < 4.78 is 5.48. The van der Waals surface area contributed by atoms with Gasteiger partial charge in [-0.2, -0.15) is 0 Å². The van der Waals surface area contributed by atoms with Gasteiger partial charge >= 0.3 is 0 Å². The number of anilines is 3. The Morgan fingerprint density at radius 1 is 0.875 bits per heavy atom. The zero-order valence-electron chi connectivity index (χ0n) is 24.1. The topological polar surface area (TPSA) is 43.7 Å². The molecule has 0 bridgehead atoms. The van der Waals surface area contributed by atoms with Crippen molar-refractivity contribution < 1.29 is 4.42 Å². The molecule has 1 fully saturated rings. The first kappa shape index (κ1) is 28.8. The molecule has 0 saturated carbocycles. The molecule has 1 aliphatic heterocycles. The second-order valence-corrected chi connectivity index (χ2v) is 10.0. The average molecular weight is 535 g/mol. The van der Waals surface area contributed by atoms with Gasteiger partial charge in [0.15, 0.2) is 0 Å². The van der Waals surface area contributed by atoms with Crippen molar-refractivity contribution in [3.05, 3.63) is 126 Å². The van der Waals surface area contributed by atoms with E-state index in [1.54, 1.807) is 6.26 Å². The summed E-state index contributed by atoms with van der Waals surface area (Å²) in [5.74, 6) is 0.740. The van der Waals surface area contributed by atoms with Gasteiger partial charge in [-0.3, -0.25) is 0 Å². The summed E-state index contributed by atoms with van der Waals surface area (Å²) in [5, 5.41) is 6.58. The minimum Gasteiger partial charge on any atom is -0.463 e. The van der Waals surface area contributed by atoms with Crippen molar-refractivity contribution in [1.82, 2.24) is 5.32 Å². The Bertz CT molecular complexity index is 1380. The fourth-order valence-electron chi connectivity index (χ4n) is 5.00. The molecule has 4 aromatic rings. The molecule has 3 aromatic carbocycles. The molecule has 1 saturated heterocycles. The van der Waals surface area contributed by atoms with E-state index < -0.39 is 0 Å². The van der Waals surface area contributed by atoms with Crippen molar-refractivity contribution in [3.8, 4) is 0 Å². The summed E-state index contributed by atoms with van der Waals surface area (Å²) in [6, 6.07) is 27.4. The lowest BCUT2D eigenvalue weighted by Gasteiger charge is -2.38. The molecule has 5 heteroatoms. The van der Waals surface area contributed by atoms with Gasteiger partial charge in [-0.25, -0.2) is 0 Å². The molecule has 40 heavy (non-hydrogen) atoms. The first-order valence-electron chi connectivity index (χ1n) is 14.1. The highest BCUT2D eigenvalue weighted by atomic mass is 16.3. The summed E-state index contributed by atoms with van der Waals surface area (Å²) >= 11 is 0. The number of nitrogens with one attached hydrogen (secondary N) is 2. The SMILES string of the molecule is C=Cc1ccc(N2CCN(c3ccccc3C)CC2)c(NC(=C)c2ccco2)c1.CCc1cccc(CNC)c1. The standard InChI is InChI=1S/C25H27N3O.C10H15N/c1-4-21-11-12-24(22(18-21)26-20(3)25-10-7-17-29-25)28-15-13-27(14-16-28)23-9-6-5-8-19(23)2;1-3-9-5-4-6-10(7-9)8-11-2/h4-12,17-18,26H,1,3,13-16H2,2H3;4-7,11H,3,8H2,1-2H3. The summed E-state index contributed by atoms with van der Waals surface area (Å²) in [7, 11) is 1.97. The maximum absolute atomic E-state index is 5.48. The van der Waals surface area contributed by atoms with E-state index in [0.29, 0.717) is 0 Å². The molecule has 208 valence electrons. The predicted molar refractivity (Wildman–Crippen MR) is 172 cm³/mol. The second kappa shape index (κ2) is 14.2. The van der Waals surface area contributed by atoms with E-state index in [2.05, 4.69) is 114 Å². The molecule has 0 atom stereocenters. The Labute approximate surface area is 239 Å². The third-order valence-corrected chi connectivity index (χ3v) is 7.22. The minimum absolute atomic E-state index is 0.740. The molecule has 2 N–H and O–H groups in total. The molecule has 0 spiro atoms. The first-order valence-corrected chi connectivity index (χ1v) is 14.1. The van der Waals surface area contributed by atoms with E-state index in [9.17, 15) is 0 Å². The number of hydrogen-bond acceptors (Lipinski definition) is 5. The van der Waals surface area contributed by atoms with Crippen LogP contribution in [0.1, 0.15) is 34.9 Å². The molecule has 0 unspecified atom stereocenters. The Hall–Kier alpha value is -4.22. The van der Waals surface area contributed by atoms with Crippen LogP contribution in [0.3, 0.4) is 0 Å². The van der Waals surface area contributed by atoms with Crippen LogP contribution in [0.2, 0.25) is 0 Å². The molecule has 0 amide bonds. The minimum atomic E-state index is 0.740. The number of rotatable bonds is 9. The Morgan fingerprint density at radius 3 is 2.25 bits per heavy atom.